The summed E-state index contributed by atoms with van der Waals surface area (Å²) >= 11 is 0. The first kappa shape index (κ1) is 29.1. The van der Waals surface area contributed by atoms with Crippen molar-refractivity contribution in [2.24, 2.45) is 0 Å². The molecule has 0 fully saturated rings. The van der Waals surface area contributed by atoms with E-state index in [2.05, 4.69) is 11.4 Å². The van der Waals surface area contributed by atoms with Gasteiger partial charge in [-0.2, -0.15) is 0 Å². The van der Waals surface area contributed by atoms with E-state index in [1.165, 1.54) is 0 Å². The first-order chi connectivity index (χ1) is 20.4. The van der Waals surface area contributed by atoms with E-state index < -0.39 is 6.04 Å². The van der Waals surface area contributed by atoms with Crippen molar-refractivity contribution in [3.63, 3.8) is 0 Å². The van der Waals surface area contributed by atoms with Crippen LogP contribution < -0.4 is 10.2 Å². The molecule has 2 atom stereocenters. The second-order valence-electron chi connectivity index (χ2n) is 11.3. The second-order valence-corrected chi connectivity index (χ2v) is 11.3. The third-order valence-electron chi connectivity index (χ3n) is 8.13. The Balaban J connectivity index is 1.38. The van der Waals surface area contributed by atoms with E-state index in [1.807, 2.05) is 106 Å². The van der Waals surface area contributed by atoms with Gasteiger partial charge in [0.2, 0.25) is 11.8 Å². The average molecular weight is 562 g/mol. The van der Waals surface area contributed by atoms with E-state index >= 15 is 0 Å². The van der Waals surface area contributed by atoms with Crippen LogP contribution in [0.1, 0.15) is 60.2 Å². The topological polar surface area (TPSA) is 69.7 Å². The van der Waals surface area contributed by atoms with Gasteiger partial charge in [-0.3, -0.25) is 14.4 Å². The molecular weight excluding hydrogens is 522 g/mol. The number of carbonyl (C=O) groups is 3. The number of hydrogen-bond acceptors (Lipinski definition) is 3. The zero-order valence-electron chi connectivity index (χ0n) is 24.7. The summed E-state index contributed by atoms with van der Waals surface area (Å²) in [6.07, 6.45) is 1.94. The fourth-order valence-electron chi connectivity index (χ4n) is 5.74. The normalized spacial score (nSPS) is 13.7. The molecule has 1 heterocycles. The molecule has 0 saturated carbocycles. The van der Waals surface area contributed by atoms with Crippen LogP contribution in [0.3, 0.4) is 0 Å². The Bertz CT molecular complexity index is 1580. The minimum Gasteiger partial charge on any atom is -0.352 e. The number of anilines is 1. The van der Waals surface area contributed by atoms with Crippen molar-refractivity contribution >= 4 is 34.2 Å². The Hall–Kier alpha value is -4.45. The predicted molar refractivity (Wildman–Crippen MR) is 168 cm³/mol. The molecule has 1 aliphatic rings. The predicted octanol–water partition coefficient (Wildman–Crippen LogP) is 6.44. The first-order valence-electron chi connectivity index (χ1n) is 14.9. The smallest absolute Gasteiger partial charge is 0.258 e. The molecule has 1 aliphatic heterocycles. The molecular formula is C36H39N3O3. The van der Waals surface area contributed by atoms with E-state index in [0.29, 0.717) is 31.5 Å². The molecule has 4 aromatic rings. The van der Waals surface area contributed by atoms with Crippen molar-refractivity contribution in [1.82, 2.24) is 10.2 Å². The summed E-state index contributed by atoms with van der Waals surface area (Å²) in [4.78, 5) is 44.5. The molecule has 0 radical (unpaired) electrons. The van der Waals surface area contributed by atoms with E-state index in [-0.39, 0.29) is 30.2 Å². The number of amides is 3. The maximum Gasteiger partial charge on any atom is 0.258 e. The third-order valence-corrected chi connectivity index (χ3v) is 8.13. The second kappa shape index (κ2) is 13.0. The Morgan fingerprint density at radius 3 is 2.36 bits per heavy atom. The van der Waals surface area contributed by atoms with E-state index in [0.717, 1.165) is 39.6 Å². The van der Waals surface area contributed by atoms with Crippen LogP contribution in [0.25, 0.3) is 10.8 Å². The minimum absolute atomic E-state index is 0.00258. The maximum atomic E-state index is 14.0. The Morgan fingerprint density at radius 2 is 1.62 bits per heavy atom. The van der Waals surface area contributed by atoms with E-state index in [9.17, 15) is 14.4 Å². The summed E-state index contributed by atoms with van der Waals surface area (Å²) < 4.78 is 0. The summed E-state index contributed by atoms with van der Waals surface area (Å²) in [5.74, 6) is -0.272. The van der Waals surface area contributed by atoms with Gasteiger partial charge < -0.3 is 15.1 Å². The van der Waals surface area contributed by atoms with Gasteiger partial charge in [-0.25, -0.2) is 0 Å². The molecule has 216 valence electrons. The van der Waals surface area contributed by atoms with Gasteiger partial charge in [0, 0.05) is 42.9 Å². The lowest BCUT2D eigenvalue weighted by molar-refractivity contribution is -0.141. The number of benzene rings is 4. The number of aryl methyl sites for hydroxylation is 1. The number of hydrogen-bond donors (Lipinski definition) is 1. The molecule has 0 aromatic heterocycles. The summed E-state index contributed by atoms with van der Waals surface area (Å²) in [5.41, 5.74) is 4.68. The van der Waals surface area contributed by atoms with Gasteiger partial charge in [0.1, 0.15) is 6.04 Å². The lowest BCUT2D eigenvalue weighted by atomic mass is 10.0. The van der Waals surface area contributed by atoms with Crippen molar-refractivity contribution in [2.75, 3.05) is 11.4 Å². The summed E-state index contributed by atoms with van der Waals surface area (Å²) in [7, 11) is 0. The van der Waals surface area contributed by atoms with Crippen molar-refractivity contribution in [1.29, 1.82) is 0 Å². The number of nitrogens with one attached hydrogen (secondary N) is 1. The van der Waals surface area contributed by atoms with Crippen LogP contribution in [0.4, 0.5) is 5.69 Å². The first-order valence-corrected chi connectivity index (χ1v) is 14.9. The Morgan fingerprint density at radius 1 is 0.905 bits per heavy atom. The highest BCUT2D eigenvalue weighted by Gasteiger charge is 2.32. The van der Waals surface area contributed by atoms with Crippen LogP contribution in [0, 0.1) is 6.92 Å². The lowest BCUT2D eigenvalue weighted by Crippen LogP contribution is -2.52. The number of rotatable bonds is 12. The minimum atomic E-state index is -0.666. The average Bonchev–Trinajstić information content (AvgIpc) is 3.27. The number of carbonyl (C=O) groups excluding carboxylic acids is 3. The van der Waals surface area contributed by atoms with Gasteiger partial charge in [-0.05, 0) is 55.3 Å². The van der Waals surface area contributed by atoms with E-state index in [4.69, 9.17) is 0 Å². The molecule has 0 bridgehead atoms. The molecule has 5 rings (SSSR count). The van der Waals surface area contributed by atoms with E-state index in [1.54, 1.807) is 9.80 Å². The van der Waals surface area contributed by atoms with Crippen LogP contribution in [0.2, 0.25) is 0 Å². The molecule has 2 unspecified atom stereocenters. The van der Waals surface area contributed by atoms with Crippen LogP contribution in [0.5, 0.6) is 0 Å². The van der Waals surface area contributed by atoms with Crippen molar-refractivity contribution < 1.29 is 14.4 Å². The standard InChI is InChI=1S/C36H39N3O3/c1-4-26(3)37-35(41)32(23-27-13-6-5-7-14-27)39(24-28-15-8-12-25(2)22-28)33(40)20-11-21-38-31-19-10-17-29-16-9-18-30(34(29)31)36(38)42/h5-10,12-19,22,26,32H,4,11,20-21,23-24H2,1-3H3,(H,37,41). The summed E-state index contributed by atoms with van der Waals surface area (Å²) in [6, 6.07) is 29.0. The maximum absolute atomic E-state index is 14.0. The zero-order chi connectivity index (χ0) is 29.6. The molecule has 0 spiro atoms. The van der Waals surface area contributed by atoms with Crippen molar-refractivity contribution in [3.05, 3.63) is 113 Å². The van der Waals surface area contributed by atoms with Gasteiger partial charge >= 0.3 is 0 Å². The molecule has 0 saturated heterocycles. The highest BCUT2D eigenvalue weighted by atomic mass is 16.2. The van der Waals surface area contributed by atoms with Gasteiger partial charge in [-0.15, -0.1) is 0 Å². The summed E-state index contributed by atoms with van der Waals surface area (Å²) in [6.45, 7) is 6.80. The SMILES string of the molecule is CCC(C)NC(=O)C(Cc1ccccc1)N(Cc1cccc(C)c1)C(=O)CCCN1C(=O)c2cccc3cccc1c23. The molecule has 1 N–H and O–H groups in total. The third kappa shape index (κ3) is 6.38. The van der Waals surface area contributed by atoms with Crippen molar-refractivity contribution in [2.45, 2.75) is 65.1 Å². The molecule has 3 amide bonds. The lowest BCUT2D eigenvalue weighted by Gasteiger charge is -2.32. The molecule has 6 nitrogen and oxygen atoms in total. The highest BCUT2D eigenvalue weighted by molar-refractivity contribution is 6.25. The monoisotopic (exact) mass is 561 g/mol. The molecule has 6 heteroatoms. The quantitative estimate of drug-likeness (QED) is 0.216. The largest absolute Gasteiger partial charge is 0.352 e. The zero-order valence-corrected chi connectivity index (χ0v) is 24.7. The summed E-state index contributed by atoms with van der Waals surface area (Å²) in [5, 5.41) is 5.14. The fourth-order valence-corrected chi connectivity index (χ4v) is 5.74. The van der Waals surface area contributed by atoms with Gasteiger partial charge in [0.25, 0.3) is 5.91 Å². The van der Waals surface area contributed by atoms with Crippen LogP contribution in [-0.2, 0) is 22.6 Å². The van der Waals surface area contributed by atoms with Gasteiger partial charge in [0.05, 0.1) is 5.69 Å². The molecule has 42 heavy (non-hydrogen) atoms. The van der Waals surface area contributed by atoms with Gasteiger partial charge in [-0.1, -0.05) is 91.3 Å². The van der Waals surface area contributed by atoms with Crippen LogP contribution >= 0.6 is 0 Å². The fraction of sp³-hybridized carbons (Fsp3) is 0.306. The van der Waals surface area contributed by atoms with Gasteiger partial charge in [0.15, 0.2) is 0 Å². The Kier molecular flexibility index (Phi) is 9.01. The Labute approximate surface area is 248 Å². The number of nitrogens with zero attached hydrogens (tertiary/aromatic N) is 2. The van der Waals surface area contributed by atoms with Crippen LogP contribution in [-0.4, -0.2) is 41.2 Å². The highest BCUT2D eigenvalue weighted by Crippen LogP contribution is 2.37. The molecule has 4 aromatic carbocycles. The van der Waals surface area contributed by atoms with Crippen molar-refractivity contribution in [3.8, 4) is 0 Å². The van der Waals surface area contributed by atoms with Crippen LogP contribution in [0.15, 0.2) is 91.0 Å². The molecule has 0 aliphatic carbocycles.